The molecule has 13 rings (SSSR count). The van der Waals surface area contributed by atoms with Crippen LogP contribution in [-0.4, -0.2) is 27.3 Å². The predicted octanol–water partition coefficient (Wildman–Crippen LogP) is 13.8. The molecule has 0 spiro atoms. The highest BCUT2D eigenvalue weighted by Gasteiger charge is 2.30. The van der Waals surface area contributed by atoms with Gasteiger partial charge in [0.1, 0.15) is 12.4 Å². The van der Waals surface area contributed by atoms with Gasteiger partial charge in [-0.25, -0.2) is 0 Å². The molecule has 60 heavy (non-hydrogen) atoms. The van der Waals surface area contributed by atoms with Crippen LogP contribution in [0.3, 0.4) is 0 Å². The molecule has 1 aliphatic heterocycles. The van der Waals surface area contributed by atoms with Gasteiger partial charge in [-0.15, -0.1) is 0 Å². The maximum Gasteiger partial charge on any atom is 0.143 e. The summed E-state index contributed by atoms with van der Waals surface area (Å²) in [5, 5.41) is 4.94. The second kappa shape index (κ2) is 12.8. The first-order valence-electron chi connectivity index (χ1n) is 20.6. The minimum absolute atomic E-state index is 0.603. The molecule has 0 saturated heterocycles. The minimum atomic E-state index is 0.603. The van der Waals surface area contributed by atoms with Gasteiger partial charge in [-0.3, -0.25) is 4.98 Å². The molecule has 0 saturated carbocycles. The van der Waals surface area contributed by atoms with E-state index in [0.29, 0.717) is 6.61 Å². The number of nitrogens with zero attached hydrogens (tertiary/aromatic N) is 4. The lowest BCUT2D eigenvalue weighted by molar-refractivity contribution is 0.314. The lowest BCUT2D eigenvalue weighted by Gasteiger charge is -2.33. The SMILES string of the molecule is c1ccc(N2CCOc3cc4c(cc32)-c2cccc(-n3c5ccccc5c5cc(-n6c7ccccc7c7ccccc76)ccc53)c2-c2ccccc2-c2cccnc2-4)cc1. The highest BCUT2D eigenvalue weighted by Crippen LogP contribution is 2.53. The van der Waals surface area contributed by atoms with Gasteiger partial charge in [-0.2, -0.15) is 0 Å². The normalized spacial score (nSPS) is 13.0. The summed E-state index contributed by atoms with van der Waals surface area (Å²) >= 11 is 0. The number of aromatic nitrogens is 3. The highest BCUT2D eigenvalue weighted by molar-refractivity contribution is 6.14. The number of hydrogen-bond acceptors (Lipinski definition) is 3. The van der Waals surface area contributed by atoms with Crippen molar-refractivity contribution < 1.29 is 4.74 Å². The third kappa shape index (κ3) is 4.71. The molecule has 3 aromatic heterocycles. The van der Waals surface area contributed by atoms with E-state index in [0.717, 1.165) is 79.6 Å². The van der Waals surface area contributed by atoms with E-state index in [1.54, 1.807) is 0 Å². The molecule has 8 aromatic carbocycles. The second-order valence-electron chi connectivity index (χ2n) is 15.8. The molecule has 0 radical (unpaired) electrons. The quantitative estimate of drug-likeness (QED) is 0.180. The van der Waals surface area contributed by atoms with Crippen molar-refractivity contribution in [2.45, 2.75) is 0 Å². The van der Waals surface area contributed by atoms with Crippen LogP contribution in [0.25, 0.3) is 99.6 Å². The summed E-state index contributed by atoms with van der Waals surface area (Å²) in [6.07, 6.45) is 1.91. The van der Waals surface area contributed by atoms with Gasteiger partial charge in [0, 0.05) is 55.8 Å². The van der Waals surface area contributed by atoms with Crippen LogP contribution < -0.4 is 9.64 Å². The standard InChI is InChI=1S/C55H36N4O/c1-2-14-35(15-3-1)57-30-31-60-53-34-46-44(33-52(53)57)42-21-12-26-51(54(42)41-20-5-4-16-37(41)43-22-13-29-56-55(43)46)59-49-25-11-8-19-40(49)45-32-36(27-28-50(45)59)58-47-23-9-6-17-38(47)39-18-7-10-24-48(39)58/h1-29,32-34H,30-31H2. The number of para-hydroxylation sites is 4. The van der Waals surface area contributed by atoms with Gasteiger partial charge < -0.3 is 18.8 Å². The Bertz CT molecular complexity index is 3490. The van der Waals surface area contributed by atoms with E-state index in [1.165, 1.54) is 43.7 Å². The van der Waals surface area contributed by atoms with Crippen molar-refractivity contribution in [1.82, 2.24) is 14.1 Å². The summed E-state index contributed by atoms with van der Waals surface area (Å²) < 4.78 is 11.4. The molecule has 1 aliphatic carbocycles. The van der Waals surface area contributed by atoms with Gasteiger partial charge in [0.05, 0.1) is 45.7 Å². The largest absolute Gasteiger partial charge is 0.490 e. The van der Waals surface area contributed by atoms with E-state index in [2.05, 4.69) is 202 Å². The zero-order valence-electron chi connectivity index (χ0n) is 32.6. The van der Waals surface area contributed by atoms with Gasteiger partial charge in [0.15, 0.2) is 0 Å². The zero-order valence-corrected chi connectivity index (χ0v) is 32.6. The maximum atomic E-state index is 6.47. The molecule has 0 amide bonds. The Morgan fingerprint density at radius 3 is 1.82 bits per heavy atom. The minimum Gasteiger partial charge on any atom is -0.490 e. The molecule has 0 unspecified atom stereocenters. The number of pyridine rings is 1. The Morgan fingerprint density at radius 1 is 0.400 bits per heavy atom. The maximum absolute atomic E-state index is 6.47. The predicted molar refractivity (Wildman–Crippen MR) is 247 cm³/mol. The van der Waals surface area contributed by atoms with Crippen molar-refractivity contribution >= 4 is 55.0 Å². The highest BCUT2D eigenvalue weighted by atomic mass is 16.5. The first-order valence-corrected chi connectivity index (χ1v) is 20.6. The Morgan fingerprint density at radius 2 is 1.03 bits per heavy atom. The number of ether oxygens (including phenoxy) is 1. The fourth-order valence-corrected chi connectivity index (χ4v) is 10.1. The van der Waals surface area contributed by atoms with Crippen molar-refractivity contribution in [2.75, 3.05) is 18.1 Å². The summed E-state index contributed by atoms with van der Waals surface area (Å²) in [6.45, 7) is 1.36. The van der Waals surface area contributed by atoms with Crippen LogP contribution in [-0.2, 0) is 0 Å². The number of anilines is 2. The topological polar surface area (TPSA) is 35.2 Å². The zero-order chi connectivity index (χ0) is 39.3. The fraction of sp³-hybridized carbons (Fsp3) is 0.0364. The number of benzene rings is 8. The molecule has 11 aromatic rings. The van der Waals surface area contributed by atoms with Gasteiger partial charge in [-0.1, -0.05) is 115 Å². The van der Waals surface area contributed by atoms with E-state index < -0.39 is 0 Å². The van der Waals surface area contributed by atoms with E-state index in [9.17, 15) is 0 Å². The average molecular weight is 769 g/mol. The van der Waals surface area contributed by atoms with Crippen LogP contribution in [0, 0.1) is 0 Å². The number of hydrogen-bond donors (Lipinski definition) is 0. The Kier molecular flexibility index (Phi) is 7.07. The summed E-state index contributed by atoms with van der Waals surface area (Å²) in [4.78, 5) is 7.49. The Balaban J connectivity index is 1.11. The van der Waals surface area contributed by atoms with E-state index >= 15 is 0 Å². The van der Waals surface area contributed by atoms with Crippen LogP contribution in [0.2, 0.25) is 0 Å². The molecule has 282 valence electrons. The van der Waals surface area contributed by atoms with Gasteiger partial charge >= 0.3 is 0 Å². The Hall–Kier alpha value is -7.89. The summed E-state index contributed by atoms with van der Waals surface area (Å²) in [5.41, 5.74) is 18.1. The molecule has 2 aliphatic rings. The molecule has 5 heteroatoms. The fourth-order valence-electron chi connectivity index (χ4n) is 10.1. The van der Waals surface area contributed by atoms with Crippen molar-refractivity contribution in [3.8, 4) is 61.8 Å². The molecule has 0 atom stereocenters. The molecule has 5 nitrogen and oxygen atoms in total. The molecule has 0 N–H and O–H groups in total. The van der Waals surface area contributed by atoms with E-state index in [4.69, 9.17) is 9.72 Å². The second-order valence-corrected chi connectivity index (χ2v) is 15.8. The molecule has 0 bridgehead atoms. The summed E-state index contributed by atoms with van der Waals surface area (Å²) in [6, 6.07) is 68.5. The van der Waals surface area contributed by atoms with Crippen LogP contribution in [0.4, 0.5) is 11.4 Å². The third-order valence-electron chi connectivity index (χ3n) is 12.6. The van der Waals surface area contributed by atoms with Crippen molar-refractivity contribution in [2.24, 2.45) is 0 Å². The van der Waals surface area contributed by atoms with Crippen LogP contribution >= 0.6 is 0 Å². The number of rotatable bonds is 3. The smallest absolute Gasteiger partial charge is 0.143 e. The first-order chi connectivity index (χ1) is 29.8. The molecular weight excluding hydrogens is 733 g/mol. The van der Waals surface area contributed by atoms with E-state index in [1.807, 2.05) is 6.20 Å². The summed E-state index contributed by atoms with van der Waals surface area (Å²) in [5.74, 6) is 0.869. The number of fused-ring (bicyclic) bond motifs is 15. The average Bonchev–Trinajstić information content (AvgIpc) is 3.83. The van der Waals surface area contributed by atoms with Crippen LogP contribution in [0.15, 0.2) is 194 Å². The van der Waals surface area contributed by atoms with E-state index in [-0.39, 0.29) is 0 Å². The molecular formula is C55H36N4O. The molecule has 4 heterocycles. The molecule has 0 fully saturated rings. The van der Waals surface area contributed by atoms with Crippen molar-refractivity contribution in [3.05, 3.63) is 194 Å². The lowest BCUT2D eigenvalue weighted by Crippen LogP contribution is -2.28. The van der Waals surface area contributed by atoms with Crippen LogP contribution in [0.1, 0.15) is 0 Å². The monoisotopic (exact) mass is 768 g/mol. The lowest BCUT2D eigenvalue weighted by atomic mass is 9.81. The Labute approximate surface area is 346 Å². The first kappa shape index (κ1) is 33.1. The summed E-state index contributed by atoms with van der Waals surface area (Å²) in [7, 11) is 0. The van der Waals surface area contributed by atoms with Gasteiger partial charge in [0.25, 0.3) is 0 Å². The van der Waals surface area contributed by atoms with Crippen LogP contribution in [0.5, 0.6) is 5.75 Å². The third-order valence-corrected chi connectivity index (χ3v) is 12.6. The van der Waals surface area contributed by atoms with Gasteiger partial charge in [-0.05, 0) is 95.1 Å². The van der Waals surface area contributed by atoms with Crippen molar-refractivity contribution in [3.63, 3.8) is 0 Å². The van der Waals surface area contributed by atoms with Crippen molar-refractivity contribution in [1.29, 1.82) is 0 Å². The van der Waals surface area contributed by atoms with Gasteiger partial charge in [0.2, 0.25) is 0 Å².